The van der Waals surface area contributed by atoms with Crippen LogP contribution >= 0.6 is 11.6 Å². The molecule has 1 N–H and O–H groups in total. The van der Waals surface area contributed by atoms with Crippen molar-refractivity contribution < 1.29 is 8.42 Å². The highest BCUT2D eigenvalue weighted by atomic mass is 35.5. The highest BCUT2D eigenvalue weighted by Crippen LogP contribution is 2.27. The van der Waals surface area contributed by atoms with Crippen LogP contribution in [-0.4, -0.2) is 39.4 Å². The topological polar surface area (TPSA) is 49.4 Å². The zero-order chi connectivity index (χ0) is 14.0. The lowest BCUT2D eigenvalue weighted by Crippen LogP contribution is -2.30. The second-order valence-electron chi connectivity index (χ2n) is 4.99. The van der Waals surface area contributed by atoms with E-state index < -0.39 is 10.0 Å². The lowest BCUT2D eigenvalue weighted by atomic mass is 10.1. The lowest BCUT2D eigenvalue weighted by Gasteiger charge is -2.18. The number of aryl methyl sites for hydroxylation is 1. The van der Waals surface area contributed by atoms with E-state index in [1.54, 1.807) is 23.4 Å². The van der Waals surface area contributed by atoms with Crippen LogP contribution in [0.3, 0.4) is 0 Å². The van der Waals surface area contributed by atoms with E-state index in [-0.39, 0.29) is 0 Å². The fourth-order valence-electron chi connectivity index (χ4n) is 2.46. The van der Waals surface area contributed by atoms with Gasteiger partial charge >= 0.3 is 0 Å². The maximum Gasteiger partial charge on any atom is 0.243 e. The quantitative estimate of drug-likeness (QED) is 0.924. The number of hydrogen-bond donors (Lipinski definition) is 1. The fourth-order valence-corrected chi connectivity index (χ4v) is 4.48. The maximum absolute atomic E-state index is 12.6. The molecule has 1 atom stereocenters. The predicted molar refractivity (Wildman–Crippen MR) is 77.0 cm³/mol. The third kappa shape index (κ3) is 3.11. The van der Waals surface area contributed by atoms with Gasteiger partial charge in [-0.2, -0.15) is 4.31 Å². The SMILES string of the molecule is CNC[C@H]1CCN(S(=O)(=O)c2cc(Cl)ccc2C)C1. The largest absolute Gasteiger partial charge is 0.319 e. The van der Waals surface area contributed by atoms with Crippen molar-refractivity contribution >= 4 is 21.6 Å². The fraction of sp³-hybridized carbons (Fsp3) is 0.538. The molecule has 0 unspecified atom stereocenters. The first-order chi connectivity index (χ1) is 8.95. The van der Waals surface area contributed by atoms with Crippen molar-refractivity contribution in [3.63, 3.8) is 0 Å². The van der Waals surface area contributed by atoms with Gasteiger partial charge in [0.2, 0.25) is 10.0 Å². The molecule has 0 bridgehead atoms. The van der Waals surface area contributed by atoms with E-state index in [0.717, 1.165) is 18.5 Å². The van der Waals surface area contributed by atoms with Gasteiger partial charge in [-0.15, -0.1) is 0 Å². The van der Waals surface area contributed by atoms with Gasteiger partial charge in [0.15, 0.2) is 0 Å². The highest BCUT2D eigenvalue weighted by molar-refractivity contribution is 7.89. The monoisotopic (exact) mass is 302 g/mol. The lowest BCUT2D eigenvalue weighted by molar-refractivity contribution is 0.451. The Hall–Kier alpha value is -0.620. The molecule has 4 nitrogen and oxygen atoms in total. The van der Waals surface area contributed by atoms with Crippen molar-refractivity contribution in [3.8, 4) is 0 Å². The standard InChI is InChI=1S/C13H19ClN2O2S/c1-10-3-4-12(14)7-13(10)19(17,18)16-6-5-11(9-16)8-15-2/h3-4,7,11,15H,5-6,8-9H2,1-2H3/t11-/m1/s1. The third-order valence-corrected chi connectivity index (χ3v) is 5.75. The van der Waals surface area contributed by atoms with Gasteiger partial charge in [0.25, 0.3) is 0 Å². The van der Waals surface area contributed by atoms with Crippen LogP contribution < -0.4 is 5.32 Å². The first-order valence-corrected chi connectivity index (χ1v) is 8.18. The van der Waals surface area contributed by atoms with Crippen LogP contribution in [0.5, 0.6) is 0 Å². The molecule has 0 radical (unpaired) electrons. The molecule has 2 rings (SSSR count). The normalized spacial score (nSPS) is 20.9. The molecule has 1 aromatic carbocycles. The van der Waals surface area contributed by atoms with E-state index in [1.807, 2.05) is 7.05 Å². The summed E-state index contributed by atoms with van der Waals surface area (Å²) < 4.78 is 26.8. The molecule has 19 heavy (non-hydrogen) atoms. The Morgan fingerprint density at radius 1 is 1.47 bits per heavy atom. The van der Waals surface area contributed by atoms with Gasteiger partial charge in [0, 0.05) is 18.1 Å². The Labute approximate surface area is 119 Å². The smallest absolute Gasteiger partial charge is 0.243 e. The van der Waals surface area contributed by atoms with E-state index >= 15 is 0 Å². The van der Waals surface area contributed by atoms with Crippen molar-refractivity contribution in [2.45, 2.75) is 18.2 Å². The summed E-state index contributed by atoms with van der Waals surface area (Å²) in [7, 11) is -1.53. The minimum Gasteiger partial charge on any atom is -0.319 e. The van der Waals surface area contributed by atoms with E-state index in [4.69, 9.17) is 11.6 Å². The minimum atomic E-state index is -3.42. The van der Waals surface area contributed by atoms with Crippen LogP contribution in [0.2, 0.25) is 5.02 Å². The molecule has 0 saturated carbocycles. The molecule has 106 valence electrons. The summed E-state index contributed by atoms with van der Waals surface area (Å²) in [5.41, 5.74) is 0.737. The Morgan fingerprint density at radius 2 is 2.21 bits per heavy atom. The first-order valence-electron chi connectivity index (χ1n) is 6.36. The molecule has 0 amide bonds. The maximum atomic E-state index is 12.6. The molecule has 1 aromatic rings. The molecule has 1 fully saturated rings. The van der Waals surface area contributed by atoms with Gasteiger partial charge in [-0.1, -0.05) is 17.7 Å². The summed E-state index contributed by atoms with van der Waals surface area (Å²) in [4.78, 5) is 0.324. The highest BCUT2D eigenvalue weighted by Gasteiger charge is 2.33. The van der Waals surface area contributed by atoms with Gasteiger partial charge in [-0.3, -0.25) is 0 Å². The molecule has 1 saturated heterocycles. The van der Waals surface area contributed by atoms with Gasteiger partial charge in [-0.05, 0) is 50.6 Å². The van der Waals surface area contributed by atoms with E-state index in [9.17, 15) is 8.42 Å². The van der Waals surface area contributed by atoms with Crippen molar-refractivity contribution in [1.29, 1.82) is 0 Å². The second-order valence-corrected chi connectivity index (χ2v) is 7.33. The number of nitrogens with one attached hydrogen (secondary N) is 1. The van der Waals surface area contributed by atoms with Crippen molar-refractivity contribution in [1.82, 2.24) is 9.62 Å². The minimum absolute atomic E-state index is 0.324. The molecule has 1 aliphatic heterocycles. The summed E-state index contributed by atoms with van der Waals surface area (Å²) in [6, 6.07) is 5.00. The third-order valence-electron chi connectivity index (χ3n) is 3.51. The number of halogens is 1. The summed E-state index contributed by atoms with van der Waals surface area (Å²) in [5.74, 6) is 0.388. The second kappa shape index (κ2) is 5.79. The Morgan fingerprint density at radius 3 is 2.89 bits per heavy atom. The van der Waals surface area contributed by atoms with Crippen LogP contribution in [0, 0.1) is 12.8 Å². The molecule has 0 spiro atoms. The molecule has 1 heterocycles. The van der Waals surface area contributed by atoms with Crippen molar-refractivity contribution in [3.05, 3.63) is 28.8 Å². The average Bonchev–Trinajstić information content (AvgIpc) is 2.82. The molecular weight excluding hydrogens is 284 g/mol. The average molecular weight is 303 g/mol. The van der Waals surface area contributed by atoms with Crippen LogP contribution in [0.4, 0.5) is 0 Å². The number of hydrogen-bond acceptors (Lipinski definition) is 3. The molecular formula is C13H19ClN2O2S. The zero-order valence-electron chi connectivity index (χ0n) is 11.2. The molecule has 6 heteroatoms. The Kier molecular flexibility index (Phi) is 4.50. The Balaban J connectivity index is 2.26. The van der Waals surface area contributed by atoms with Crippen molar-refractivity contribution in [2.24, 2.45) is 5.92 Å². The van der Waals surface area contributed by atoms with Gasteiger partial charge in [-0.25, -0.2) is 8.42 Å². The first kappa shape index (κ1) is 14.8. The summed E-state index contributed by atoms with van der Waals surface area (Å²) in [6.45, 7) is 3.81. The summed E-state index contributed by atoms with van der Waals surface area (Å²) in [6.07, 6.45) is 0.902. The Bertz CT molecular complexity index is 560. The number of rotatable bonds is 4. The van der Waals surface area contributed by atoms with Gasteiger partial charge < -0.3 is 5.32 Å². The van der Waals surface area contributed by atoms with E-state index in [2.05, 4.69) is 5.32 Å². The molecule has 0 aliphatic carbocycles. The summed E-state index contributed by atoms with van der Waals surface area (Å²) in [5, 5.41) is 3.55. The zero-order valence-corrected chi connectivity index (χ0v) is 12.8. The van der Waals surface area contributed by atoms with Gasteiger partial charge in [0.1, 0.15) is 0 Å². The predicted octanol–water partition coefficient (Wildman–Crippen LogP) is 1.88. The van der Waals surface area contributed by atoms with Gasteiger partial charge in [0.05, 0.1) is 4.90 Å². The molecule has 0 aromatic heterocycles. The van der Waals surface area contributed by atoms with Crippen molar-refractivity contribution in [2.75, 3.05) is 26.7 Å². The molecule has 1 aliphatic rings. The number of nitrogens with zero attached hydrogens (tertiary/aromatic N) is 1. The van der Waals surface area contributed by atoms with Crippen LogP contribution in [0.1, 0.15) is 12.0 Å². The number of benzene rings is 1. The number of sulfonamides is 1. The van der Waals surface area contributed by atoms with E-state index in [0.29, 0.717) is 28.9 Å². The van der Waals surface area contributed by atoms with Crippen LogP contribution in [0.25, 0.3) is 0 Å². The van der Waals surface area contributed by atoms with Crippen LogP contribution in [0.15, 0.2) is 23.1 Å². The summed E-state index contributed by atoms with van der Waals surface area (Å²) >= 11 is 5.91. The van der Waals surface area contributed by atoms with E-state index in [1.165, 1.54) is 6.07 Å². The van der Waals surface area contributed by atoms with Crippen LogP contribution in [-0.2, 0) is 10.0 Å².